The first-order valence-electron chi connectivity index (χ1n) is 8.11. The largest absolute Gasteiger partial charge is 0.394 e. The maximum Gasteiger partial charge on any atom is 0.315 e. The fourth-order valence-electron chi connectivity index (χ4n) is 3.00. The van der Waals surface area contributed by atoms with Gasteiger partial charge in [-0.2, -0.15) is 0 Å². The van der Waals surface area contributed by atoms with Crippen LogP contribution >= 0.6 is 0 Å². The number of nitrogens with one attached hydrogen (secondary N) is 2. The van der Waals surface area contributed by atoms with E-state index in [1.807, 2.05) is 30.3 Å². The standard InChI is InChI=1S/C17H27N3O2/c1-20(15-9-5-6-10-15)12-11-18-17(22)19-16(13-21)14-7-3-2-4-8-14/h2-4,7-8,15-16,21H,5-6,9-13H2,1H3,(H2,18,19,22). The number of hydrogen-bond donors (Lipinski definition) is 3. The van der Waals surface area contributed by atoms with Crippen molar-refractivity contribution in [3.8, 4) is 0 Å². The molecule has 1 aliphatic carbocycles. The number of amides is 2. The average molecular weight is 305 g/mol. The highest BCUT2D eigenvalue weighted by Gasteiger charge is 2.19. The van der Waals surface area contributed by atoms with Crippen LogP contribution in [0.5, 0.6) is 0 Å². The highest BCUT2D eigenvalue weighted by molar-refractivity contribution is 5.74. The molecule has 0 aromatic heterocycles. The first-order chi connectivity index (χ1) is 10.7. The van der Waals surface area contributed by atoms with Gasteiger partial charge in [-0.1, -0.05) is 43.2 Å². The van der Waals surface area contributed by atoms with E-state index < -0.39 is 0 Å². The molecule has 1 fully saturated rings. The molecule has 0 spiro atoms. The van der Waals surface area contributed by atoms with Crippen LogP contribution < -0.4 is 10.6 Å². The lowest BCUT2D eigenvalue weighted by atomic mass is 10.1. The minimum atomic E-state index is -0.367. The molecule has 1 unspecified atom stereocenters. The molecule has 1 saturated carbocycles. The Morgan fingerprint density at radius 2 is 2.00 bits per heavy atom. The van der Waals surface area contributed by atoms with Crippen molar-refractivity contribution in [1.29, 1.82) is 0 Å². The monoisotopic (exact) mass is 305 g/mol. The van der Waals surface area contributed by atoms with Crippen LogP contribution in [0.3, 0.4) is 0 Å². The summed E-state index contributed by atoms with van der Waals surface area (Å²) in [5.74, 6) is 0. The number of urea groups is 1. The van der Waals surface area contributed by atoms with Gasteiger partial charge in [-0.25, -0.2) is 4.79 Å². The summed E-state index contributed by atoms with van der Waals surface area (Å²) in [4.78, 5) is 14.3. The molecule has 0 radical (unpaired) electrons. The van der Waals surface area contributed by atoms with Crippen molar-refractivity contribution in [1.82, 2.24) is 15.5 Å². The number of likely N-dealkylation sites (N-methyl/N-ethyl adjacent to an activating group) is 1. The summed E-state index contributed by atoms with van der Waals surface area (Å²) in [5, 5.41) is 15.1. The molecular formula is C17H27N3O2. The Kier molecular flexibility index (Phi) is 6.68. The normalized spacial score (nSPS) is 16.7. The van der Waals surface area contributed by atoms with Crippen LogP contribution in [0.4, 0.5) is 4.79 Å². The highest BCUT2D eigenvalue weighted by Crippen LogP contribution is 2.21. The summed E-state index contributed by atoms with van der Waals surface area (Å²) < 4.78 is 0. The zero-order valence-corrected chi connectivity index (χ0v) is 13.3. The average Bonchev–Trinajstić information content (AvgIpc) is 3.08. The van der Waals surface area contributed by atoms with Gasteiger partial charge in [0.2, 0.25) is 0 Å². The Labute approximate surface area is 132 Å². The number of carbonyl (C=O) groups excluding carboxylic acids is 1. The van der Waals surface area contributed by atoms with Crippen LogP contribution in [0.1, 0.15) is 37.3 Å². The fraction of sp³-hybridized carbons (Fsp3) is 0.588. The molecule has 2 rings (SSSR count). The Bertz CT molecular complexity index is 446. The molecule has 1 atom stereocenters. The molecule has 5 heteroatoms. The second kappa shape index (κ2) is 8.76. The van der Waals surface area contributed by atoms with E-state index in [4.69, 9.17) is 0 Å². The Balaban J connectivity index is 1.70. The van der Waals surface area contributed by atoms with E-state index in [1.165, 1.54) is 25.7 Å². The Morgan fingerprint density at radius 1 is 1.32 bits per heavy atom. The summed E-state index contributed by atoms with van der Waals surface area (Å²) in [6, 6.07) is 9.57. The zero-order chi connectivity index (χ0) is 15.8. The van der Waals surface area contributed by atoms with Crippen molar-refractivity contribution >= 4 is 6.03 Å². The maximum absolute atomic E-state index is 11.9. The van der Waals surface area contributed by atoms with Gasteiger partial charge in [0.25, 0.3) is 0 Å². The van der Waals surface area contributed by atoms with E-state index >= 15 is 0 Å². The molecular weight excluding hydrogens is 278 g/mol. The van der Waals surface area contributed by atoms with Crippen molar-refractivity contribution in [2.24, 2.45) is 0 Å². The zero-order valence-electron chi connectivity index (χ0n) is 13.3. The van der Waals surface area contributed by atoms with E-state index in [1.54, 1.807) is 0 Å². The van der Waals surface area contributed by atoms with Gasteiger partial charge in [0, 0.05) is 19.1 Å². The molecule has 22 heavy (non-hydrogen) atoms. The van der Waals surface area contributed by atoms with Crippen molar-refractivity contribution < 1.29 is 9.90 Å². The molecule has 0 aliphatic heterocycles. The second-order valence-corrected chi connectivity index (χ2v) is 5.96. The van der Waals surface area contributed by atoms with E-state index in [9.17, 15) is 9.90 Å². The number of nitrogens with zero attached hydrogens (tertiary/aromatic N) is 1. The molecule has 122 valence electrons. The van der Waals surface area contributed by atoms with Crippen molar-refractivity contribution in [3.63, 3.8) is 0 Å². The highest BCUT2D eigenvalue weighted by atomic mass is 16.3. The third kappa shape index (κ3) is 5.00. The van der Waals surface area contributed by atoms with E-state index in [2.05, 4.69) is 22.6 Å². The lowest BCUT2D eigenvalue weighted by molar-refractivity contribution is 0.211. The number of rotatable bonds is 7. The third-order valence-electron chi connectivity index (χ3n) is 4.39. The minimum Gasteiger partial charge on any atom is -0.394 e. The molecule has 0 saturated heterocycles. The summed E-state index contributed by atoms with van der Waals surface area (Å²) in [7, 11) is 2.12. The number of carbonyl (C=O) groups is 1. The van der Waals surface area contributed by atoms with Gasteiger partial charge in [-0.15, -0.1) is 0 Å². The quantitative estimate of drug-likeness (QED) is 0.721. The van der Waals surface area contributed by atoms with E-state index in [0.717, 1.165) is 12.1 Å². The van der Waals surface area contributed by atoms with Crippen LogP contribution in [0.15, 0.2) is 30.3 Å². The Morgan fingerprint density at radius 3 is 2.64 bits per heavy atom. The van der Waals surface area contributed by atoms with Gasteiger partial charge in [-0.3, -0.25) is 0 Å². The van der Waals surface area contributed by atoms with Crippen LogP contribution in [-0.4, -0.2) is 48.8 Å². The van der Waals surface area contributed by atoms with Crippen LogP contribution in [0.25, 0.3) is 0 Å². The second-order valence-electron chi connectivity index (χ2n) is 5.96. The third-order valence-corrected chi connectivity index (χ3v) is 4.39. The van der Waals surface area contributed by atoms with Crippen LogP contribution in [-0.2, 0) is 0 Å². The van der Waals surface area contributed by atoms with Crippen molar-refractivity contribution in [2.75, 3.05) is 26.7 Å². The van der Waals surface area contributed by atoms with E-state index in [0.29, 0.717) is 12.6 Å². The lowest BCUT2D eigenvalue weighted by Gasteiger charge is -2.24. The van der Waals surface area contributed by atoms with Gasteiger partial charge in [0.1, 0.15) is 0 Å². The molecule has 1 aliphatic rings. The predicted octanol–water partition coefficient (Wildman–Crippen LogP) is 1.89. The number of hydrogen-bond acceptors (Lipinski definition) is 3. The molecule has 1 aromatic carbocycles. The van der Waals surface area contributed by atoms with Gasteiger partial charge < -0.3 is 20.6 Å². The van der Waals surface area contributed by atoms with E-state index in [-0.39, 0.29) is 18.7 Å². The molecule has 3 N–H and O–H groups in total. The van der Waals surface area contributed by atoms with Gasteiger partial charge in [0.05, 0.1) is 12.6 Å². The van der Waals surface area contributed by atoms with Crippen molar-refractivity contribution in [3.05, 3.63) is 35.9 Å². The number of aliphatic hydroxyl groups excluding tert-OH is 1. The number of aliphatic hydroxyl groups is 1. The molecule has 5 nitrogen and oxygen atoms in total. The molecule has 1 aromatic rings. The summed E-state index contributed by atoms with van der Waals surface area (Å²) in [6.07, 6.45) is 5.17. The maximum atomic E-state index is 11.9. The SMILES string of the molecule is CN(CCNC(=O)NC(CO)c1ccccc1)C1CCCC1. The minimum absolute atomic E-state index is 0.112. The first-order valence-corrected chi connectivity index (χ1v) is 8.11. The smallest absolute Gasteiger partial charge is 0.315 e. The van der Waals surface area contributed by atoms with Gasteiger partial charge >= 0.3 is 6.03 Å². The molecule has 0 bridgehead atoms. The fourth-order valence-corrected chi connectivity index (χ4v) is 3.00. The summed E-state index contributed by atoms with van der Waals surface area (Å²) in [5.41, 5.74) is 0.906. The molecule has 0 heterocycles. The van der Waals surface area contributed by atoms with Gasteiger partial charge in [-0.05, 0) is 25.5 Å². The predicted molar refractivity (Wildman–Crippen MR) is 87.7 cm³/mol. The van der Waals surface area contributed by atoms with Crippen molar-refractivity contribution in [2.45, 2.75) is 37.8 Å². The summed E-state index contributed by atoms with van der Waals surface area (Å²) in [6.45, 7) is 1.36. The van der Waals surface area contributed by atoms with Crippen LogP contribution in [0.2, 0.25) is 0 Å². The first kappa shape index (κ1) is 16.8. The lowest BCUT2D eigenvalue weighted by Crippen LogP contribution is -2.43. The molecule has 2 amide bonds. The Hall–Kier alpha value is -1.59. The number of benzene rings is 1. The summed E-state index contributed by atoms with van der Waals surface area (Å²) >= 11 is 0. The van der Waals surface area contributed by atoms with Gasteiger partial charge in [0.15, 0.2) is 0 Å². The topological polar surface area (TPSA) is 64.6 Å². The van der Waals surface area contributed by atoms with Crippen LogP contribution in [0, 0.1) is 0 Å².